The Morgan fingerprint density at radius 1 is 1.20 bits per heavy atom. The molecule has 14 heteroatoms. The van der Waals surface area contributed by atoms with Crippen LogP contribution in [0.5, 0.6) is 0 Å². The molecule has 13 nitrogen and oxygen atoms in total. The van der Waals surface area contributed by atoms with Crippen LogP contribution in [0.4, 0.5) is 0 Å². The van der Waals surface area contributed by atoms with Crippen molar-refractivity contribution >= 4 is 24.1 Å². The molecule has 4 aliphatic heterocycles. The lowest BCUT2D eigenvalue weighted by Crippen LogP contribution is -2.64. The zero-order valence-corrected chi connectivity index (χ0v) is 24.2. The monoisotopic (exact) mass is 597 g/mol. The van der Waals surface area contributed by atoms with Crippen molar-refractivity contribution in [1.82, 2.24) is 26.0 Å². The number of thioether (sulfide) groups is 1. The van der Waals surface area contributed by atoms with Crippen LogP contribution in [0, 0.1) is 17.8 Å². The van der Waals surface area contributed by atoms with E-state index >= 15 is 0 Å². The summed E-state index contributed by atoms with van der Waals surface area (Å²) in [6.07, 6.45) is 4.66. The number of nitrogens with one attached hydrogen (secondary N) is 3. The van der Waals surface area contributed by atoms with Gasteiger partial charge < -0.3 is 40.5 Å². The topological polar surface area (TPSA) is 199 Å². The van der Waals surface area contributed by atoms with Crippen molar-refractivity contribution in [3.63, 3.8) is 0 Å². The minimum atomic E-state index is -1.41. The minimum absolute atomic E-state index is 0.162. The molecule has 1 aromatic heterocycles. The van der Waals surface area contributed by atoms with Crippen molar-refractivity contribution in [2.75, 3.05) is 13.2 Å². The number of aliphatic hydroxyl groups excluding tert-OH is 3. The van der Waals surface area contributed by atoms with Crippen LogP contribution >= 0.6 is 11.8 Å². The van der Waals surface area contributed by atoms with Crippen LogP contribution in [-0.4, -0.2) is 109 Å². The summed E-state index contributed by atoms with van der Waals surface area (Å²) in [5.41, 5.74) is -0.109. The maximum atomic E-state index is 13.6. The van der Waals surface area contributed by atoms with Crippen molar-refractivity contribution in [1.29, 1.82) is 0 Å². The van der Waals surface area contributed by atoms with E-state index in [1.165, 1.54) is 18.2 Å². The molecule has 0 saturated carbocycles. The molecule has 11 atom stereocenters. The highest BCUT2D eigenvalue weighted by Gasteiger charge is 2.49. The largest absolute Gasteiger partial charge is 0.483 e. The minimum Gasteiger partial charge on any atom is -0.483 e. The molecule has 4 aliphatic rings. The number of aliphatic hydroxyl groups is 3. The number of amides is 1. The van der Waals surface area contributed by atoms with E-state index in [1.807, 2.05) is 12.2 Å². The Morgan fingerprint density at radius 3 is 2.66 bits per heavy atom. The predicted molar refractivity (Wildman–Crippen MR) is 150 cm³/mol. The maximum Gasteiger partial charge on any atom is 0.290 e. The van der Waals surface area contributed by atoms with E-state index < -0.39 is 41.9 Å². The number of ether oxygens (including phenoxy) is 2. The van der Waals surface area contributed by atoms with Gasteiger partial charge in [-0.2, -0.15) is 15.4 Å². The first kappa shape index (κ1) is 31.9. The molecule has 1 amide bonds. The van der Waals surface area contributed by atoms with Crippen molar-refractivity contribution in [3.05, 3.63) is 24.0 Å². The van der Waals surface area contributed by atoms with Gasteiger partial charge in [-0.25, -0.2) is 0 Å². The highest BCUT2D eigenvalue weighted by Crippen LogP contribution is 2.41. The first-order valence-corrected chi connectivity index (χ1v) is 15.3. The Bertz CT molecular complexity index is 1000. The molecule has 230 valence electrons. The molecule has 0 spiro atoms. The van der Waals surface area contributed by atoms with Gasteiger partial charge in [-0.3, -0.25) is 9.59 Å². The quantitative estimate of drug-likeness (QED) is 0.182. The normalized spacial score (nSPS) is 39.1. The molecule has 7 N–H and O–H groups in total. The van der Waals surface area contributed by atoms with E-state index in [2.05, 4.69) is 39.9 Å². The van der Waals surface area contributed by atoms with Crippen LogP contribution in [0.1, 0.15) is 56.9 Å². The van der Waals surface area contributed by atoms with E-state index in [-0.39, 0.29) is 29.7 Å². The fraction of sp³-hybridized carbons (Fsp3) is 0.778. The zero-order valence-electron chi connectivity index (χ0n) is 23.4. The van der Waals surface area contributed by atoms with E-state index in [1.54, 1.807) is 6.20 Å². The number of fused-ring (bicyclic) bond motifs is 3. The number of rotatable bonds is 5. The Balaban J connectivity index is 0.00000124. The highest BCUT2D eigenvalue weighted by atomic mass is 32.2. The van der Waals surface area contributed by atoms with Crippen LogP contribution in [0.3, 0.4) is 0 Å². The summed E-state index contributed by atoms with van der Waals surface area (Å²) in [4.78, 5) is 21.9. The lowest BCUT2D eigenvalue weighted by molar-refractivity contribution is -0.205. The number of carbonyl (C=O) groups excluding carboxylic acids is 1. The Kier molecular flexibility index (Phi) is 11.6. The predicted octanol–water partition coefficient (Wildman–Crippen LogP) is 0.352. The van der Waals surface area contributed by atoms with Crippen LogP contribution in [0.15, 0.2) is 18.3 Å². The van der Waals surface area contributed by atoms with Crippen LogP contribution in [-0.2, 0) is 19.1 Å². The Morgan fingerprint density at radius 2 is 1.95 bits per heavy atom. The van der Waals surface area contributed by atoms with Crippen LogP contribution in [0.2, 0.25) is 0 Å². The van der Waals surface area contributed by atoms with E-state index in [0.717, 1.165) is 19.4 Å². The zero-order chi connectivity index (χ0) is 29.5. The first-order chi connectivity index (χ1) is 19.7. The molecule has 0 unspecified atom stereocenters. The maximum absolute atomic E-state index is 13.6. The Hall–Kier alpha value is -2.07. The van der Waals surface area contributed by atoms with Crippen LogP contribution in [0.25, 0.3) is 0 Å². The number of carboxylic acid groups (broad SMARTS) is 1. The number of hydrogen-bond acceptors (Lipinski definition) is 11. The number of carbonyl (C=O) groups is 2. The summed E-state index contributed by atoms with van der Waals surface area (Å²) in [7, 11) is 0. The van der Waals surface area contributed by atoms with Gasteiger partial charge in [0, 0.05) is 13.2 Å². The van der Waals surface area contributed by atoms with Gasteiger partial charge in [0.2, 0.25) is 5.91 Å². The third-order valence-electron chi connectivity index (χ3n) is 8.25. The van der Waals surface area contributed by atoms with Crippen molar-refractivity contribution < 1.29 is 39.5 Å². The van der Waals surface area contributed by atoms with Crippen molar-refractivity contribution in [2.45, 2.75) is 99.2 Å². The molecule has 0 aliphatic carbocycles. The smallest absolute Gasteiger partial charge is 0.290 e. The summed E-state index contributed by atoms with van der Waals surface area (Å²) < 4.78 is 12.4. The van der Waals surface area contributed by atoms with Gasteiger partial charge >= 0.3 is 0 Å². The number of H-pyrrole nitrogens is 1. The van der Waals surface area contributed by atoms with Crippen LogP contribution < -0.4 is 10.6 Å². The second kappa shape index (κ2) is 14.9. The van der Waals surface area contributed by atoms with Gasteiger partial charge in [-0.15, -0.1) is 11.8 Å². The van der Waals surface area contributed by atoms with Gasteiger partial charge in [0.05, 0.1) is 29.3 Å². The highest BCUT2D eigenvalue weighted by molar-refractivity contribution is 8.00. The second-order valence-corrected chi connectivity index (χ2v) is 12.9. The molecule has 1 aromatic rings. The molecule has 0 radical (unpaired) electrons. The summed E-state index contributed by atoms with van der Waals surface area (Å²) in [6, 6.07) is -1.09. The number of aromatic amines is 1. The van der Waals surface area contributed by atoms with Gasteiger partial charge in [0.1, 0.15) is 35.9 Å². The molecule has 3 saturated heterocycles. The van der Waals surface area contributed by atoms with Crippen molar-refractivity contribution in [3.8, 4) is 0 Å². The lowest BCUT2D eigenvalue weighted by Gasteiger charge is -2.44. The lowest BCUT2D eigenvalue weighted by atomic mass is 9.85. The number of allylic oxidation sites excluding steroid dienone is 1. The standard InChI is InChI=1S/C26H41N5O6S.CH2O2/c1-13(2)9-14-7-8-36-23-15(10-14)11-27-19(23)25(35)29-16-5-3-4-6-18(17-12-28-31-30-17)38-26-22(34)20(32)21(33)24(16)37-26;2-1-3/h3-4,12-16,18-24,26-27,32-34H,5-11H2,1-2H3,(H,29,35)(H,28,30,31);1H,(H,2,3)/t14-,15-,16+,18-,19-,20-,21+,22+,23+,24+,26+;/m0./s1. The van der Waals surface area contributed by atoms with Gasteiger partial charge in [-0.05, 0) is 49.9 Å². The second-order valence-electron chi connectivity index (χ2n) is 11.6. The average molecular weight is 598 g/mol. The van der Waals surface area contributed by atoms with Gasteiger partial charge in [0.15, 0.2) is 0 Å². The van der Waals surface area contributed by atoms with Gasteiger partial charge in [0.25, 0.3) is 6.47 Å². The first-order valence-electron chi connectivity index (χ1n) is 14.3. The fourth-order valence-corrected chi connectivity index (χ4v) is 7.69. The summed E-state index contributed by atoms with van der Waals surface area (Å²) >= 11 is 1.32. The van der Waals surface area contributed by atoms with E-state index in [0.29, 0.717) is 37.0 Å². The molecular weight excluding hydrogens is 554 g/mol. The SMILES string of the molecule is CC(C)C[C@@H]1CCO[C@@H]2[C@H](CN[C@@H]2C(=O)N[C@@H]2CC=CC[C@@H](c3cn[nH]n3)S[C@H]3O[C@H]2[C@H](O)[C@H](O)[C@H]3O)C1.O=CO. The molecule has 3 fully saturated rings. The Labute approximate surface area is 243 Å². The molecule has 0 aromatic carbocycles. The summed E-state index contributed by atoms with van der Waals surface area (Å²) in [5, 5.41) is 56.1. The summed E-state index contributed by atoms with van der Waals surface area (Å²) in [5.74, 6) is 1.32. The molecule has 5 heterocycles. The third-order valence-corrected chi connectivity index (χ3v) is 9.67. The molecule has 5 rings (SSSR count). The van der Waals surface area contributed by atoms with E-state index in [9.17, 15) is 20.1 Å². The number of aromatic nitrogens is 3. The molecule has 2 bridgehead atoms. The third kappa shape index (κ3) is 7.86. The van der Waals surface area contributed by atoms with Crippen molar-refractivity contribution in [2.24, 2.45) is 17.8 Å². The number of nitrogens with zero attached hydrogens (tertiary/aromatic N) is 2. The average Bonchev–Trinajstić information content (AvgIpc) is 3.57. The van der Waals surface area contributed by atoms with Gasteiger partial charge in [-0.1, -0.05) is 26.0 Å². The number of hydrogen-bond donors (Lipinski definition) is 7. The summed E-state index contributed by atoms with van der Waals surface area (Å²) in [6.45, 7) is 5.62. The van der Waals surface area contributed by atoms with E-state index in [4.69, 9.17) is 19.4 Å². The molecular formula is C27H43N5O8S. The molecule has 41 heavy (non-hydrogen) atoms. The fourth-order valence-electron chi connectivity index (χ4n) is 6.37.